The Bertz CT molecular complexity index is 237. The highest BCUT2D eigenvalue weighted by Gasteiger charge is 2.60. The van der Waals surface area contributed by atoms with E-state index < -0.39 is 0 Å². The standard InChI is InChI=1S/C13H22O2/c1-2-3-4-5-8-11(14)13-10-7-6-9-12(13)15-13/h5,8,11-12,14H,2-4,6-7,9-10H2,1H3/b8-5+/t11-,12-,13-/m0/s1. The Labute approximate surface area is 92.3 Å². The maximum Gasteiger partial charge on any atom is 0.124 e. The van der Waals surface area contributed by atoms with Crippen LogP contribution in [0.4, 0.5) is 0 Å². The smallest absolute Gasteiger partial charge is 0.124 e. The highest BCUT2D eigenvalue weighted by atomic mass is 16.6. The van der Waals surface area contributed by atoms with Crippen molar-refractivity contribution >= 4 is 0 Å². The monoisotopic (exact) mass is 210 g/mol. The summed E-state index contributed by atoms with van der Waals surface area (Å²) >= 11 is 0. The predicted molar refractivity (Wildman–Crippen MR) is 60.7 cm³/mol. The molecule has 2 fully saturated rings. The lowest BCUT2D eigenvalue weighted by Gasteiger charge is -2.20. The van der Waals surface area contributed by atoms with Crippen LogP contribution in [-0.4, -0.2) is 22.9 Å². The third-order valence-corrected chi connectivity index (χ3v) is 3.68. The average molecular weight is 210 g/mol. The fourth-order valence-corrected chi connectivity index (χ4v) is 2.60. The Morgan fingerprint density at radius 1 is 1.53 bits per heavy atom. The summed E-state index contributed by atoms with van der Waals surface area (Å²) in [5, 5.41) is 10.1. The van der Waals surface area contributed by atoms with E-state index in [1.54, 1.807) is 0 Å². The van der Waals surface area contributed by atoms with Crippen molar-refractivity contribution in [1.82, 2.24) is 0 Å². The van der Waals surface area contributed by atoms with Gasteiger partial charge in [0.25, 0.3) is 0 Å². The number of ether oxygens (including phenoxy) is 1. The fraction of sp³-hybridized carbons (Fsp3) is 0.846. The molecule has 0 unspecified atom stereocenters. The number of aliphatic hydroxyl groups is 1. The van der Waals surface area contributed by atoms with E-state index in [0.29, 0.717) is 6.10 Å². The third-order valence-electron chi connectivity index (χ3n) is 3.68. The molecule has 1 saturated carbocycles. The number of hydrogen-bond acceptors (Lipinski definition) is 2. The van der Waals surface area contributed by atoms with Gasteiger partial charge >= 0.3 is 0 Å². The molecule has 1 aliphatic carbocycles. The van der Waals surface area contributed by atoms with Crippen molar-refractivity contribution in [3.63, 3.8) is 0 Å². The van der Waals surface area contributed by atoms with Crippen molar-refractivity contribution in [1.29, 1.82) is 0 Å². The fourth-order valence-electron chi connectivity index (χ4n) is 2.60. The van der Waals surface area contributed by atoms with Crippen LogP contribution in [0.5, 0.6) is 0 Å². The van der Waals surface area contributed by atoms with Crippen LogP contribution in [0.2, 0.25) is 0 Å². The van der Waals surface area contributed by atoms with Gasteiger partial charge in [0.05, 0.1) is 6.10 Å². The van der Waals surface area contributed by atoms with Gasteiger partial charge in [-0.3, -0.25) is 0 Å². The second-order valence-corrected chi connectivity index (χ2v) is 4.82. The Kier molecular flexibility index (Phi) is 3.47. The first kappa shape index (κ1) is 11.2. The number of rotatable bonds is 5. The topological polar surface area (TPSA) is 32.8 Å². The molecule has 1 heterocycles. The van der Waals surface area contributed by atoms with Gasteiger partial charge in [-0.1, -0.05) is 44.8 Å². The maximum absolute atomic E-state index is 10.1. The van der Waals surface area contributed by atoms with Crippen molar-refractivity contribution in [3.8, 4) is 0 Å². The van der Waals surface area contributed by atoms with Crippen LogP contribution in [0, 0.1) is 0 Å². The molecule has 0 aromatic carbocycles. The molecular weight excluding hydrogens is 188 g/mol. The molecule has 2 aliphatic rings. The summed E-state index contributed by atoms with van der Waals surface area (Å²) in [5.74, 6) is 0. The lowest BCUT2D eigenvalue weighted by atomic mass is 9.85. The maximum atomic E-state index is 10.1. The molecule has 15 heavy (non-hydrogen) atoms. The largest absolute Gasteiger partial charge is 0.386 e. The van der Waals surface area contributed by atoms with Gasteiger partial charge in [0.15, 0.2) is 0 Å². The van der Waals surface area contributed by atoms with Crippen LogP contribution in [0.25, 0.3) is 0 Å². The third kappa shape index (κ3) is 2.26. The zero-order chi connectivity index (χ0) is 10.7. The van der Waals surface area contributed by atoms with Crippen LogP contribution in [0.1, 0.15) is 51.9 Å². The molecule has 1 N–H and O–H groups in total. The van der Waals surface area contributed by atoms with Gasteiger partial charge in [0, 0.05) is 0 Å². The van der Waals surface area contributed by atoms with E-state index in [-0.39, 0.29) is 11.7 Å². The van der Waals surface area contributed by atoms with Gasteiger partial charge in [-0.05, 0) is 19.3 Å². The highest BCUT2D eigenvalue weighted by molar-refractivity contribution is 5.15. The molecule has 3 atom stereocenters. The van der Waals surface area contributed by atoms with Gasteiger partial charge in [-0.25, -0.2) is 0 Å². The van der Waals surface area contributed by atoms with Crippen LogP contribution < -0.4 is 0 Å². The summed E-state index contributed by atoms with van der Waals surface area (Å²) < 4.78 is 5.68. The molecule has 2 heteroatoms. The second-order valence-electron chi connectivity index (χ2n) is 4.82. The number of aliphatic hydroxyl groups excluding tert-OH is 1. The van der Waals surface area contributed by atoms with Crippen molar-refractivity contribution in [2.75, 3.05) is 0 Å². The zero-order valence-corrected chi connectivity index (χ0v) is 9.61. The summed E-state index contributed by atoms with van der Waals surface area (Å²) in [4.78, 5) is 0. The molecule has 0 aromatic rings. The second kappa shape index (κ2) is 4.67. The van der Waals surface area contributed by atoms with E-state index in [2.05, 4.69) is 13.0 Å². The number of allylic oxidation sites excluding steroid dienone is 1. The van der Waals surface area contributed by atoms with E-state index in [4.69, 9.17) is 4.74 Å². The Hall–Kier alpha value is -0.340. The van der Waals surface area contributed by atoms with Crippen LogP contribution in [0.3, 0.4) is 0 Å². The lowest BCUT2D eigenvalue weighted by molar-refractivity contribution is 0.104. The molecule has 2 nitrogen and oxygen atoms in total. The molecule has 86 valence electrons. The summed E-state index contributed by atoms with van der Waals surface area (Å²) in [5.41, 5.74) is -0.180. The SMILES string of the molecule is CCCC/C=C/[C@H](O)[C@@]12CCCC[C@@H]1O2. The van der Waals surface area contributed by atoms with Crippen molar-refractivity contribution in [3.05, 3.63) is 12.2 Å². The molecule has 0 amide bonds. The molecule has 0 bridgehead atoms. The number of hydrogen-bond donors (Lipinski definition) is 1. The first-order chi connectivity index (χ1) is 7.29. The number of fused-ring (bicyclic) bond motifs is 1. The summed E-state index contributed by atoms with van der Waals surface area (Å²) in [6, 6.07) is 0. The number of epoxide rings is 1. The predicted octanol–water partition coefficient (Wildman–Crippen LogP) is 2.81. The van der Waals surface area contributed by atoms with Gasteiger partial charge in [0.1, 0.15) is 11.7 Å². The van der Waals surface area contributed by atoms with Crippen molar-refractivity contribution in [2.24, 2.45) is 0 Å². The summed E-state index contributed by atoms with van der Waals surface area (Å²) in [6.45, 7) is 2.18. The first-order valence-corrected chi connectivity index (χ1v) is 6.32. The number of unbranched alkanes of at least 4 members (excludes halogenated alkanes) is 2. The molecule has 0 radical (unpaired) electrons. The minimum atomic E-state index is -0.375. The van der Waals surface area contributed by atoms with E-state index in [1.165, 1.54) is 25.7 Å². The Morgan fingerprint density at radius 2 is 2.40 bits per heavy atom. The Balaban J connectivity index is 1.80. The molecule has 1 saturated heterocycles. The van der Waals surface area contributed by atoms with Gasteiger partial charge < -0.3 is 9.84 Å². The van der Waals surface area contributed by atoms with Crippen LogP contribution in [0.15, 0.2) is 12.2 Å². The van der Waals surface area contributed by atoms with E-state index in [9.17, 15) is 5.11 Å². The lowest BCUT2D eigenvalue weighted by Crippen LogP contribution is -2.32. The normalized spacial score (nSPS) is 36.5. The van der Waals surface area contributed by atoms with Gasteiger partial charge in [-0.2, -0.15) is 0 Å². The van der Waals surface area contributed by atoms with E-state index in [1.807, 2.05) is 6.08 Å². The van der Waals surface area contributed by atoms with Crippen molar-refractivity contribution in [2.45, 2.75) is 69.7 Å². The Morgan fingerprint density at radius 3 is 3.13 bits per heavy atom. The highest BCUT2D eigenvalue weighted by Crippen LogP contribution is 2.50. The van der Waals surface area contributed by atoms with Gasteiger partial charge in [0.2, 0.25) is 0 Å². The first-order valence-electron chi connectivity index (χ1n) is 6.32. The quantitative estimate of drug-likeness (QED) is 0.430. The average Bonchev–Trinajstić information content (AvgIpc) is 2.99. The molecular formula is C13H22O2. The van der Waals surface area contributed by atoms with Crippen LogP contribution >= 0.6 is 0 Å². The van der Waals surface area contributed by atoms with Gasteiger partial charge in [-0.15, -0.1) is 0 Å². The van der Waals surface area contributed by atoms with E-state index >= 15 is 0 Å². The van der Waals surface area contributed by atoms with Crippen molar-refractivity contribution < 1.29 is 9.84 Å². The summed E-state index contributed by atoms with van der Waals surface area (Å²) in [7, 11) is 0. The minimum absolute atomic E-state index is 0.180. The molecule has 2 rings (SSSR count). The van der Waals surface area contributed by atoms with Crippen LogP contribution in [-0.2, 0) is 4.74 Å². The summed E-state index contributed by atoms with van der Waals surface area (Å²) in [6.07, 6.45) is 12.2. The molecule has 0 spiro atoms. The van der Waals surface area contributed by atoms with E-state index in [0.717, 1.165) is 19.3 Å². The molecule has 1 aliphatic heterocycles. The molecule has 0 aromatic heterocycles. The minimum Gasteiger partial charge on any atom is -0.386 e. The zero-order valence-electron chi connectivity index (χ0n) is 9.61.